The Hall–Kier alpha value is -5.35. The summed E-state index contributed by atoms with van der Waals surface area (Å²) in [5.74, 6) is 0.718. The number of likely N-dealkylation sites (tertiary alicyclic amines) is 2. The Morgan fingerprint density at radius 2 is 1.76 bits per heavy atom. The number of fused-ring (bicyclic) bond motifs is 1. The molecule has 14 nitrogen and oxygen atoms in total. The first-order chi connectivity index (χ1) is 30.5. The number of hydrogen-bond acceptors (Lipinski definition) is 10. The second kappa shape index (κ2) is 17.0. The summed E-state index contributed by atoms with van der Waals surface area (Å²) in [4.78, 5) is 65.2. The number of rotatable bonds is 13. The molecule has 1 N–H and O–H groups in total. The van der Waals surface area contributed by atoms with Gasteiger partial charge in [-0.1, -0.05) is 25.0 Å². The molecule has 1 unspecified atom stereocenters. The molecule has 2 saturated heterocycles. The zero-order valence-corrected chi connectivity index (χ0v) is 35.8. The summed E-state index contributed by atoms with van der Waals surface area (Å²) in [5.41, 5.74) is 3.98. The van der Waals surface area contributed by atoms with Crippen LogP contribution in [0.2, 0.25) is 0 Å². The molecule has 4 aromatic heterocycles. The van der Waals surface area contributed by atoms with E-state index in [-0.39, 0.29) is 47.0 Å². The van der Waals surface area contributed by atoms with Crippen LogP contribution >= 0.6 is 0 Å². The minimum absolute atomic E-state index is 0.00157. The van der Waals surface area contributed by atoms with Gasteiger partial charge in [-0.25, -0.2) is 18.6 Å². The average Bonchev–Trinajstić information content (AvgIpc) is 3.67. The monoisotopic (exact) mass is 863 g/mol. The number of Topliss-reactive ketones (excluding diaryl/α,β-unsaturated/α-hetero) is 2. The van der Waals surface area contributed by atoms with Crippen molar-refractivity contribution in [2.24, 2.45) is 24.3 Å². The van der Waals surface area contributed by atoms with E-state index >= 15 is 0 Å². The van der Waals surface area contributed by atoms with Gasteiger partial charge in [0.25, 0.3) is 12.3 Å². The number of ketones is 2. The molecule has 2 aliphatic heterocycles. The van der Waals surface area contributed by atoms with Crippen LogP contribution in [0.25, 0.3) is 22.5 Å². The number of aromatic nitrogens is 6. The van der Waals surface area contributed by atoms with Gasteiger partial charge < -0.3 is 14.6 Å². The maximum atomic E-state index is 14.2. The van der Waals surface area contributed by atoms with Gasteiger partial charge >= 0.3 is 5.69 Å². The SMILES string of the molecule is Cn1c(=O)n(C2CCC(=O)CC2=O)c2cccc(CN3CCC4(CC3)CN(CC3CCC(n5cc(NC(=O)c6coc(-c7ccnc(CCC8CC8)c7)n6)c(C(F)F)n5)CC3)C4)c21. The predicted molar refractivity (Wildman–Crippen MR) is 230 cm³/mol. The van der Waals surface area contributed by atoms with Crippen molar-refractivity contribution in [2.75, 3.05) is 38.0 Å². The Balaban J connectivity index is 0.695. The molecule has 10 rings (SSSR count). The van der Waals surface area contributed by atoms with Gasteiger partial charge in [0.15, 0.2) is 17.2 Å². The lowest BCUT2D eigenvalue weighted by atomic mass is 9.71. The molecular weight excluding hydrogens is 809 g/mol. The van der Waals surface area contributed by atoms with Crippen LogP contribution in [-0.4, -0.2) is 88.9 Å². The van der Waals surface area contributed by atoms with Gasteiger partial charge in [0.05, 0.1) is 35.2 Å². The number of anilines is 1. The Bertz CT molecular complexity index is 2580. The van der Waals surface area contributed by atoms with E-state index < -0.39 is 24.1 Å². The summed E-state index contributed by atoms with van der Waals surface area (Å²) in [6.45, 7) is 5.89. The Morgan fingerprint density at radius 3 is 2.51 bits per heavy atom. The number of halogens is 2. The van der Waals surface area contributed by atoms with Crippen LogP contribution in [0.1, 0.15) is 123 Å². The Morgan fingerprint density at radius 1 is 0.984 bits per heavy atom. The molecule has 3 saturated carbocycles. The van der Waals surface area contributed by atoms with Crippen LogP contribution in [0.3, 0.4) is 0 Å². The third kappa shape index (κ3) is 8.55. The zero-order valence-electron chi connectivity index (χ0n) is 35.8. The van der Waals surface area contributed by atoms with Crippen LogP contribution in [0.15, 0.2) is 58.2 Å². The summed E-state index contributed by atoms with van der Waals surface area (Å²) in [6.07, 6.45) is 12.6. The standard InChI is InChI=1S/C47H55F2N9O5/c1-54-42-32(3-2-4-39(42)58(46(54)62)38-14-13-35(59)22-40(38)60)24-55-19-16-47(17-20-55)27-56(28-47)23-30-8-11-34(12-9-30)57-25-36(41(53-57)43(48)49)51-44(61)37-26-63-45(52-37)31-15-18-50-33(21-31)10-7-29-5-6-29/h2-4,15,18,21,25-26,29-30,34,38,43H,5-14,16-17,19-20,22-24,27-28H2,1H3,(H,51,61). The van der Waals surface area contributed by atoms with Crippen LogP contribution in [0, 0.1) is 17.3 Å². The van der Waals surface area contributed by atoms with E-state index in [4.69, 9.17) is 4.42 Å². The average molecular weight is 864 g/mol. The molecule has 1 aromatic carbocycles. The molecule has 0 bridgehead atoms. The predicted octanol–water partition coefficient (Wildman–Crippen LogP) is 7.31. The van der Waals surface area contributed by atoms with Crippen molar-refractivity contribution < 1.29 is 27.6 Å². The molecule has 1 amide bonds. The third-order valence-electron chi connectivity index (χ3n) is 14.6. The Labute approximate surface area is 364 Å². The first-order valence-electron chi connectivity index (χ1n) is 22.8. The first-order valence-corrected chi connectivity index (χ1v) is 22.8. The summed E-state index contributed by atoms with van der Waals surface area (Å²) in [5, 5.41) is 6.90. The zero-order chi connectivity index (χ0) is 43.4. The molecule has 6 heterocycles. The number of oxazole rings is 1. The lowest BCUT2D eigenvalue weighted by molar-refractivity contribution is -0.132. The minimum Gasteiger partial charge on any atom is -0.444 e. The fraction of sp³-hybridized carbons (Fsp3) is 0.553. The lowest BCUT2D eigenvalue weighted by Gasteiger charge is -2.55. The van der Waals surface area contributed by atoms with Crippen molar-refractivity contribution in [3.05, 3.63) is 82.1 Å². The third-order valence-corrected chi connectivity index (χ3v) is 14.6. The van der Waals surface area contributed by atoms with E-state index in [9.17, 15) is 28.0 Å². The van der Waals surface area contributed by atoms with E-state index in [0.29, 0.717) is 29.7 Å². The summed E-state index contributed by atoms with van der Waals surface area (Å²) >= 11 is 0. The number of para-hydroxylation sites is 1. The number of carbonyl (C=O) groups excluding carboxylic acids is 3. The molecule has 16 heteroatoms. The maximum Gasteiger partial charge on any atom is 0.329 e. The van der Waals surface area contributed by atoms with Crippen LogP contribution in [0.4, 0.5) is 14.5 Å². The highest BCUT2D eigenvalue weighted by Gasteiger charge is 2.45. The number of aryl methyl sites for hydroxylation is 2. The number of pyridine rings is 1. The molecular formula is C47H55F2N9O5. The van der Waals surface area contributed by atoms with E-state index in [2.05, 4.69) is 36.2 Å². The number of carbonyl (C=O) groups is 3. The number of alkyl halides is 2. The van der Waals surface area contributed by atoms with Gasteiger partial charge in [-0.05, 0) is 112 Å². The second-order valence-corrected chi connectivity index (χ2v) is 19.1. The fourth-order valence-corrected chi connectivity index (χ4v) is 10.9. The molecule has 0 radical (unpaired) electrons. The fourth-order valence-electron chi connectivity index (χ4n) is 10.9. The van der Waals surface area contributed by atoms with Gasteiger partial charge in [0, 0.05) is 63.3 Å². The number of nitrogens with zero attached hydrogens (tertiary/aromatic N) is 8. The topological polar surface area (TPSA) is 153 Å². The highest BCUT2D eigenvalue weighted by molar-refractivity contribution is 6.04. The van der Waals surface area contributed by atoms with Gasteiger partial charge in [0.2, 0.25) is 5.89 Å². The highest BCUT2D eigenvalue weighted by atomic mass is 19.3. The Kier molecular flexibility index (Phi) is 11.2. The smallest absolute Gasteiger partial charge is 0.329 e. The maximum absolute atomic E-state index is 14.2. The quantitative estimate of drug-likeness (QED) is 0.119. The van der Waals surface area contributed by atoms with Gasteiger partial charge in [-0.2, -0.15) is 5.10 Å². The van der Waals surface area contributed by atoms with Crippen molar-refractivity contribution in [1.29, 1.82) is 0 Å². The van der Waals surface area contributed by atoms with Crippen molar-refractivity contribution in [1.82, 2.24) is 38.7 Å². The van der Waals surface area contributed by atoms with E-state index in [1.165, 1.54) is 25.3 Å². The summed E-state index contributed by atoms with van der Waals surface area (Å²) < 4.78 is 39.0. The molecule has 5 aliphatic rings. The molecule has 1 spiro atoms. The normalized spacial score (nSPS) is 23.2. The minimum atomic E-state index is -2.85. The molecule has 1 atom stereocenters. The number of hydrogen-bond donors (Lipinski definition) is 1. The lowest BCUT2D eigenvalue weighted by Crippen LogP contribution is -2.61. The van der Waals surface area contributed by atoms with Crippen LogP contribution < -0.4 is 11.0 Å². The van der Waals surface area contributed by atoms with Gasteiger partial charge in [-0.3, -0.25) is 38.1 Å². The second-order valence-electron chi connectivity index (χ2n) is 19.1. The summed E-state index contributed by atoms with van der Waals surface area (Å²) in [6, 6.07) is 9.03. The number of amides is 1. The van der Waals surface area contributed by atoms with Gasteiger partial charge in [-0.15, -0.1) is 0 Å². The molecule has 332 valence electrons. The molecule has 5 aromatic rings. The van der Waals surface area contributed by atoms with Crippen LogP contribution in [0.5, 0.6) is 0 Å². The van der Waals surface area contributed by atoms with Crippen molar-refractivity contribution >= 4 is 34.2 Å². The largest absolute Gasteiger partial charge is 0.444 e. The molecule has 5 fully saturated rings. The molecule has 3 aliphatic carbocycles. The number of imidazole rings is 1. The highest BCUT2D eigenvalue weighted by Crippen LogP contribution is 2.43. The number of benzene rings is 1. The van der Waals surface area contributed by atoms with Crippen molar-refractivity contribution in [2.45, 2.75) is 109 Å². The van der Waals surface area contributed by atoms with Gasteiger partial charge in [0.1, 0.15) is 12.0 Å². The summed E-state index contributed by atoms with van der Waals surface area (Å²) in [7, 11) is 1.77. The number of nitrogens with one attached hydrogen (secondary N) is 1. The van der Waals surface area contributed by atoms with Crippen molar-refractivity contribution in [3.8, 4) is 11.5 Å². The van der Waals surface area contributed by atoms with Crippen LogP contribution in [-0.2, 0) is 29.6 Å². The number of piperidine rings is 1. The first kappa shape index (κ1) is 41.6. The van der Waals surface area contributed by atoms with Crippen molar-refractivity contribution in [3.63, 3.8) is 0 Å². The molecule has 63 heavy (non-hydrogen) atoms. The van der Waals surface area contributed by atoms with E-state index in [1.807, 2.05) is 18.2 Å². The van der Waals surface area contributed by atoms with E-state index in [1.54, 1.807) is 33.1 Å². The van der Waals surface area contributed by atoms with E-state index in [0.717, 1.165) is 119 Å².